The topological polar surface area (TPSA) is 65.1 Å². The highest BCUT2D eigenvalue weighted by molar-refractivity contribution is 5.80. The Bertz CT molecular complexity index is 542. The van der Waals surface area contributed by atoms with E-state index in [0.717, 1.165) is 17.6 Å². The SMILES string of the molecule is CC(C)C(O)CC(=O)NCCc1cc2ccccc2[nH]1. The normalized spacial score (nSPS) is 12.8. The highest BCUT2D eigenvalue weighted by Crippen LogP contribution is 2.14. The van der Waals surface area contributed by atoms with Gasteiger partial charge in [-0.3, -0.25) is 4.79 Å². The van der Waals surface area contributed by atoms with Crippen LogP contribution in [0.5, 0.6) is 0 Å². The maximum absolute atomic E-state index is 11.6. The average molecular weight is 274 g/mol. The van der Waals surface area contributed by atoms with Gasteiger partial charge in [0, 0.05) is 24.2 Å². The van der Waals surface area contributed by atoms with Gasteiger partial charge >= 0.3 is 0 Å². The van der Waals surface area contributed by atoms with E-state index < -0.39 is 6.10 Å². The Balaban J connectivity index is 1.79. The number of nitrogens with one attached hydrogen (secondary N) is 2. The van der Waals surface area contributed by atoms with Gasteiger partial charge in [-0.05, 0) is 23.4 Å². The number of carbonyl (C=O) groups is 1. The van der Waals surface area contributed by atoms with Crippen LogP contribution in [-0.2, 0) is 11.2 Å². The fourth-order valence-electron chi connectivity index (χ4n) is 2.10. The van der Waals surface area contributed by atoms with Crippen LogP contribution >= 0.6 is 0 Å². The molecule has 0 fully saturated rings. The molecule has 1 atom stereocenters. The summed E-state index contributed by atoms with van der Waals surface area (Å²) in [7, 11) is 0. The second kappa shape index (κ2) is 6.57. The molecular weight excluding hydrogens is 252 g/mol. The first-order valence-electron chi connectivity index (χ1n) is 7.07. The fourth-order valence-corrected chi connectivity index (χ4v) is 2.10. The van der Waals surface area contributed by atoms with Crippen LogP contribution in [0, 0.1) is 5.92 Å². The minimum absolute atomic E-state index is 0.0951. The van der Waals surface area contributed by atoms with Crippen LogP contribution in [0.4, 0.5) is 0 Å². The van der Waals surface area contributed by atoms with Crippen LogP contribution in [0.2, 0.25) is 0 Å². The molecule has 0 spiro atoms. The molecule has 0 aliphatic rings. The number of rotatable bonds is 6. The number of H-pyrrole nitrogens is 1. The maximum Gasteiger partial charge on any atom is 0.222 e. The first-order valence-corrected chi connectivity index (χ1v) is 7.07. The van der Waals surface area contributed by atoms with Crippen LogP contribution in [0.3, 0.4) is 0 Å². The summed E-state index contributed by atoms with van der Waals surface area (Å²) in [5, 5.41) is 13.7. The molecule has 108 valence electrons. The lowest BCUT2D eigenvalue weighted by molar-refractivity contribution is -0.123. The quantitative estimate of drug-likeness (QED) is 0.756. The number of aliphatic hydroxyl groups is 1. The van der Waals surface area contributed by atoms with E-state index >= 15 is 0 Å². The third-order valence-corrected chi connectivity index (χ3v) is 3.47. The Kier molecular flexibility index (Phi) is 4.79. The smallest absolute Gasteiger partial charge is 0.222 e. The van der Waals surface area contributed by atoms with Crippen molar-refractivity contribution in [2.75, 3.05) is 6.54 Å². The van der Waals surface area contributed by atoms with E-state index in [4.69, 9.17) is 0 Å². The van der Waals surface area contributed by atoms with E-state index in [1.165, 1.54) is 5.39 Å². The number of para-hydroxylation sites is 1. The molecule has 0 saturated heterocycles. The molecule has 4 heteroatoms. The molecule has 0 aliphatic heterocycles. The van der Waals surface area contributed by atoms with Gasteiger partial charge < -0.3 is 15.4 Å². The zero-order valence-electron chi connectivity index (χ0n) is 12.0. The highest BCUT2D eigenvalue weighted by atomic mass is 16.3. The van der Waals surface area contributed by atoms with Gasteiger partial charge in [0.1, 0.15) is 0 Å². The van der Waals surface area contributed by atoms with Crippen LogP contribution < -0.4 is 5.32 Å². The van der Waals surface area contributed by atoms with Gasteiger partial charge in [0.2, 0.25) is 5.91 Å². The minimum atomic E-state index is -0.567. The monoisotopic (exact) mass is 274 g/mol. The van der Waals surface area contributed by atoms with Gasteiger partial charge in [-0.15, -0.1) is 0 Å². The Morgan fingerprint density at radius 3 is 2.80 bits per heavy atom. The number of carbonyl (C=O) groups excluding carboxylic acids is 1. The number of aromatic amines is 1. The molecule has 1 amide bonds. The standard InChI is InChI=1S/C16H22N2O2/c1-11(2)15(19)10-16(20)17-8-7-13-9-12-5-3-4-6-14(12)18-13/h3-6,9,11,15,18-19H,7-8,10H2,1-2H3,(H,17,20). The summed E-state index contributed by atoms with van der Waals surface area (Å²) in [5.74, 6) is 0.0109. The lowest BCUT2D eigenvalue weighted by Gasteiger charge is -2.13. The van der Waals surface area contributed by atoms with E-state index in [2.05, 4.69) is 22.4 Å². The molecule has 2 rings (SSSR count). The second-order valence-electron chi connectivity index (χ2n) is 5.50. The summed E-state index contributed by atoms with van der Waals surface area (Å²) < 4.78 is 0. The molecule has 0 bridgehead atoms. The van der Waals surface area contributed by atoms with Gasteiger partial charge in [-0.25, -0.2) is 0 Å². The van der Waals surface area contributed by atoms with Crippen molar-refractivity contribution >= 4 is 16.8 Å². The molecular formula is C16H22N2O2. The largest absolute Gasteiger partial charge is 0.392 e. The average Bonchev–Trinajstić information content (AvgIpc) is 2.81. The Morgan fingerprint density at radius 2 is 2.10 bits per heavy atom. The van der Waals surface area contributed by atoms with Gasteiger partial charge in [-0.2, -0.15) is 0 Å². The van der Waals surface area contributed by atoms with Crippen molar-refractivity contribution in [2.24, 2.45) is 5.92 Å². The molecule has 1 heterocycles. The molecule has 0 aliphatic carbocycles. The zero-order valence-corrected chi connectivity index (χ0v) is 12.0. The number of hydrogen-bond acceptors (Lipinski definition) is 2. The minimum Gasteiger partial charge on any atom is -0.392 e. The maximum atomic E-state index is 11.6. The van der Waals surface area contributed by atoms with E-state index in [9.17, 15) is 9.90 Å². The van der Waals surface area contributed by atoms with Gasteiger partial charge in [0.15, 0.2) is 0 Å². The molecule has 1 aromatic heterocycles. The van der Waals surface area contributed by atoms with E-state index in [1.807, 2.05) is 32.0 Å². The summed E-state index contributed by atoms with van der Waals surface area (Å²) in [6.45, 7) is 4.39. The summed E-state index contributed by atoms with van der Waals surface area (Å²) in [4.78, 5) is 15.0. The van der Waals surface area contributed by atoms with Crippen molar-refractivity contribution in [2.45, 2.75) is 32.8 Å². The lowest BCUT2D eigenvalue weighted by Crippen LogP contribution is -2.30. The highest BCUT2D eigenvalue weighted by Gasteiger charge is 2.13. The predicted molar refractivity (Wildman–Crippen MR) is 80.5 cm³/mol. The molecule has 3 N–H and O–H groups in total. The first kappa shape index (κ1) is 14.6. The molecule has 20 heavy (non-hydrogen) atoms. The molecule has 1 aromatic carbocycles. The number of aliphatic hydroxyl groups excluding tert-OH is 1. The lowest BCUT2D eigenvalue weighted by atomic mass is 10.0. The van der Waals surface area contributed by atoms with Crippen molar-refractivity contribution in [1.29, 1.82) is 0 Å². The third-order valence-electron chi connectivity index (χ3n) is 3.47. The number of amides is 1. The van der Waals surface area contributed by atoms with Crippen molar-refractivity contribution in [3.8, 4) is 0 Å². The third kappa shape index (κ3) is 3.84. The second-order valence-corrected chi connectivity index (χ2v) is 5.50. The number of aromatic nitrogens is 1. The van der Waals surface area contributed by atoms with Crippen LogP contribution in [0.15, 0.2) is 30.3 Å². The Labute approximate surface area is 119 Å². The predicted octanol–water partition coefficient (Wildman–Crippen LogP) is 2.23. The van der Waals surface area contributed by atoms with Crippen molar-refractivity contribution in [3.63, 3.8) is 0 Å². The molecule has 2 aromatic rings. The van der Waals surface area contributed by atoms with Crippen molar-refractivity contribution in [1.82, 2.24) is 10.3 Å². The van der Waals surface area contributed by atoms with Crippen molar-refractivity contribution in [3.05, 3.63) is 36.0 Å². The van der Waals surface area contributed by atoms with Crippen LogP contribution in [0.1, 0.15) is 26.0 Å². The van der Waals surface area contributed by atoms with E-state index in [-0.39, 0.29) is 18.2 Å². The van der Waals surface area contributed by atoms with Crippen molar-refractivity contribution < 1.29 is 9.90 Å². The summed E-state index contributed by atoms with van der Waals surface area (Å²) in [6, 6.07) is 10.2. The summed E-state index contributed by atoms with van der Waals surface area (Å²) >= 11 is 0. The van der Waals surface area contributed by atoms with Gasteiger partial charge in [0.05, 0.1) is 12.5 Å². The molecule has 4 nitrogen and oxygen atoms in total. The van der Waals surface area contributed by atoms with Crippen LogP contribution in [-0.4, -0.2) is 28.6 Å². The summed E-state index contributed by atoms with van der Waals surface area (Å²) in [5.41, 5.74) is 2.22. The fraction of sp³-hybridized carbons (Fsp3) is 0.438. The van der Waals surface area contributed by atoms with Crippen LogP contribution in [0.25, 0.3) is 10.9 Å². The Hall–Kier alpha value is -1.81. The van der Waals surface area contributed by atoms with Gasteiger partial charge in [0.25, 0.3) is 0 Å². The zero-order chi connectivity index (χ0) is 14.5. The molecule has 0 radical (unpaired) electrons. The molecule has 0 saturated carbocycles. The van der Waals surface area contributed by atoms with Gasteiger partial charge in [-0.1, -0.05) is 32.0 Å². The summed E-state index contributed by atoms with van der Waals surface area (Å²) in [6.07, 6.45) is 0.367. The number of fused-ring (bicyclic) bond motifs is 1. The number of benzene rings is 1. The Morgan fingerprint density at radius 1 is 1.35 bits per heavy atom. The molecule has 1 unspecified atom stereocenters. The van der Waals surface area contributed by atoms with E-state index in [1.54, 1.807) is 0 Å². The number of hydrogen-bond donors (Lipinski definition) is 3. The first-order chi connectivity index (χ1) is 9.56. The van der Waals surface area contributed by atoms with E-state index in [0.29, 0.717) is 6.54 Å².